The standard InChI is InChI=1S/C18H32N2O2/c1-8-12-21-19-16-14-17(6,10-3)20(22-13-9-2)18(7,11-4)15(16)5/h8-9,19H,1-2,10-14H2,3-7H3. The van der Waals surface area contributed by atoms with Gasteiger partial charge in [-0.05, 0) is 39.2 Å². The van der Waals surface area contributed by atoms with E-state index in [1.54, 1.807) is 12.2 Å². The van der Waals surface area contributed by atoms with E-state index in [9.17, 15) is 0 Å². The molecule has 0 saturated heterocycles. The van der Waals surface area contributed by atoms with Crippen LogP contribution in [-0.2, 0) is 9.68 Å². The van der Waals surface area contributed by atoms with Gasteiger partial charge in [0.25, 0.3) is 0 Å². The molecule has 4 heteroatoms. The molecule has 1 aliphatic heterocycles. The number of hydrogen-bond donors (Lipinski definition) is 1. The summed E-state index contributed by atoms with van der Waals surface area (Å²) in [6, 6.07) is 0. The van der Waals surface area contributed by atoms with Gasteiger partial charge in [0.15, 0.2) is 0 Å². The SMILES string of the molecule is C=CCONC1=C(C)C(C)(CC)N(OCC=C)C(C)(CC)C1. The van der Waals surface area contributed by atoms with E-state index in [1.165, 1.54) is 5.57 Å². The highest BCUT2D eigenvalue weighted by Gasteiger charge is 2.49. The van der Waals surface area contributed by atoms with Crippen LogP contribution in [0, 0.1) is 0 Å². The van der Waals surface area contributed by atoms with Crippen molar-refractivity contribution in [1.82, 2.24) is 10.5 Å². The number of hydrogen-bond acceptors (Lipinski definition) is 4. The van der Waals surface area contributed by atoms with Crippen LogP contribution < -0.4 is 5.48 Å². The second-order valence-electron chi connectivity index (χ2n) is 6.34. The summed E-state index contributed by atoms with van der Waals surface area (Å²) in [5.41, 5.74) is 5.27. The number of rotatable bonds is 9. The summed E-state index contributed by atoms with van der Waals surface area (Å²) in [5.74, 6) is 0. The molecule has 0 aromatic heterocycles. The molecule has 0 spiro atoms. The Morgan fingerprint density at radius 3 is 2.32 bits per heavy atom. The molecule has 0 aromatic carbocycles. The number of hydroxylamine groups is 3. The molecule has 2 atom stereocenters. The highest BCUT2D eigenvalue weighted by Crippen LogP contribution is 2.44. The maximum Gasteiger partial charge on any atom is 0.0924 e. The Balaban J connectivity index is 3.18. The van der Waals surface area contributed by atoms with Crippen LogP contribution >= 0.6 is 0 Å². The first-order valence-corrected chi connectivity index (χ1v) is 8.12. The third kappa shape index (κ3) is 3.62. The highest BCUT2D eigenvalue weighted by atomic mass is 16.7. The molecule has 0 radical (unpaired) electrons. The van der Waals surface area contributed by atoms with Gasteiger partial charge >= 0.3 is 0 Å². The molecule has 0 fully saturated rings. The molecule has 0 saturated carbocycles. The van der Waals surface area contributed by atoms with E-state index in [2.05, 4.69) is 58.3 Å². The van der Waals surface area contributed by atoms with E-state index >= 15 is 0 Å². The van der Waals surface area contributed by atoms with Crippen LogP contribution in [-0.4, -0.2) is 29.4 Å². The lowest BCUT2D eigenvalue weighted by molar-refractivity contribution is -0.265. The largest absolute Gasteiger partial charge is 0.293 e. The summed E-state index contributed by atoms with van der Waals surface area (Å²) in [5, 5.41) is 2.18. The lowest BCUT2D eigenvalue weighted by atomic mass is 9.76. The summed E-state index contributed by atoms with van der Waals surface area (Å²) < 4.78 is 0. The second kappa shape index (κ2) is 7.95. The molecule has 1 N–H and O–H groups in total. The predicted molar refractivity (Wildman–Crippen MR) is 92.0 cm³/mol. The van der Waals surface area contributed by atoms with Crippen molar-refractivity contribution in [2.24, 2.45) is 0 Å². The first kappa shape index (κ1) is 18.9. The Kier molecular flexibility index (Phi) is 6.85. The average Bonchev–Trinajstić information content (AvgIpc) is 2.52. The average molecular weight is 308 g/mol. The van der Waals surface area contributed by atoms with Crippen molar-refractivity contribution in [2.75, 3.05) is 13.2 Å². The Bertz CT molecular complexity index is 433. The van der Waals surface area contributed by atoms with Crippen molar-refractivity contribution in [1.29, 1.82) is 0 Å². The Labute approximate surface area is 135 Å². The molecular formula is C18H32N2O2. The van der Waals surface area contributed by atoms with Crippen LogP contribution in [0.15, 0.2) is 36.6 Å². The lowest BCUT2D eigenvalue weighted by Gasteiger charge is -2.54. The molecule has 1 heterocycles. The molecule has 2 unspecified atom stereocenters. The first-order chi connectivity index (χ1) is 10.4. The molecule has 0 bridgehead atoms. The molecular weight excluding hydrogens is 276 g/mol. The van der Waals surface area contributed by atoms with E-state index in [1.807, 2.05) is 0 Å². The minimum absolute atomic E-state index is 0.0901. The molecule has 4 nitrogen and oxygen atoms in total. The van der Waals surface area contributed by atoms with E-state index in [0.29, 0.717) is 13.2 Å². The number of nitrogens with zero attached hydrogens (tertiary/aromatic N) is 1. The summed E-state index contributed by atoms with van der Waals surface area (Å²) in [4.78, 5) is 11.6. The van der Waals surface area contributed by atoms with Crippen molar-refractivity contribution in [3.8, 4) is 0 Å². The minimum Gasteiger partial charge on any atom is -0.293 e. The molecule has 126 valence electrons. The summed E-state index contributed by atoms with van der Waals surface area (Å²) in [6.07, 6.45) is 6.34. The Hall–Kier alpha value is -1.10. The highest BCUT2D eigenvalue weighted by molar-refractivity contribution is 5.28. The van der Waals surface area contributed by atoms with Crippen LogP contribution in [0.1, 0.15) is 53.9 Å². The van der Waals surface area contributed by atoms with Crippen LogP contribution in [0.3, 0.4) is 0 Å². The van der Waals surface area contributed by atoms with Gasteiger partial charge in [-0.3, -0.25) is 15.2 Å². The molecule has 0 aliphatic carbocycles. The summed E-state index contributed by atoms with van der Waals surface area (Å²) in [7, 11) is 0. The van der Waals surface area contributed by atoms with Gasteiger partial charge in [0, 0.05) is 17.7 Å². The fourth-order valence-corrected chi connectivity index (χ4v) is 3.06. The molecule has 0 aromatic rings. The lowest BCUT2D eigenvalue weighted by Crippen LogP contribution is -2.62. The van der Waals surface area contributed by atoms with Crippen LogP contribution in [0.2, 0.25) is 0 Å². The third-order valence-electron chi connectivity index (χ3n) is 4.92. The van der Waals surface area contributed by atoms with Crippen molar-refractivity contribution in [2.45, 2.75) is 65.0 Å². The third-order valence-corrected chi connectivity index (χ3v) is 4.92. The maximum absolute atomic E-state index is 6.09. The van der Waals surface area contributed by atoms with Gasteiger partial charge in [0.05, 0.1) is 18.8 Å². The quantitative estimate of drug-likeness (QED) is 0.394. The van der Waals surface area contributed by atoms with E-state index < -0.39 is 0 Å². The molecule has 0 amide bonds. The predicted octanol–water partition coefficient (Wildman–Crippen LogP) is 4.13. The molecule has 22 heavy (non-hydrogen) atoms. The van der Waals surface area contributed by atoms with E-state index in [-0.39, 0.29) is 11.1 Å². The Morgan fingerprint density at radius 1 is 1.18 bits per heavy atom. The zero-order valence-electron chi connectivity index (χ0n) is 14.9. The monoisotopic (exact) mass is 308 g/mol. The fourth-order valence-electron chi connectivity index (χ4n) is 3.06. The summed E-state index contributed by atoms with van der Waals surface area (Å²) >= 11 is 0. The van der Waals surface area contributed by atoms with Gasteiger partial charge in [-0.25, -0.2) is 0 Å². The molecule has 1 aliphatic rings. The smallest absolute Gasteiger partial charge is 0.0924 e. The Morgan fingerprint density at radius 2 is 1.82 bits per heavy atom. The van der Waals surface area contributed by atoms with Crippen LogP contribution in [0.5, 0.6) is 0 Å². The fraction of sp³-hybridized carbons (Fsp3) is 0.667. The topological polar surface area (TPSA) is 33.7 Å². The van der Waals surface area contributed by atoms with Crippen LogP contribution in [0.25, 0.3) is 0 Å². The van der Waals surface area contributed by atoms with Crippen molar-refractivity contribution in [3.05, 3.63) is 36.6 Å². The van der Waals surface area contributed by atoms with Crippen molar-refractivity contribution in [3.63, 3.8) is 0 Å². The van der Waals surface area contributed by atoms with E-state index in [4.69, 9.17) is 9.68 Å². The minimum atomic E-state index is -0.175. The van der Waals surface area contributed by atoms with Crippen molar-refractivity contribution >= 4 is 0 Å². The maximum atomic E-state index is 6.09. The normalized spacial score (nSPS) is 29.5. The van der Waals surface area contributed by atoms with Crippen molar-refractivity contribution < 1.29 is 9.68 Å². The number of nitrogens with one attached hydrogen (secondary N) is 1. The zero-order valence-corrected chi connectivity index (χ0v) is 14.9. The van der Waals surface area contributed by atoms with Gasteiger partial charge in [-0.1, -0.05) is 26.0 Å². The van der Waals surface area contributed by atoms with Gasteiger partial charge in [-0.2, -0.15) is 5.06 Å². The summed E-state index contributed by atoms with van der Waals surface area (Å²) in [6.45, 7) is 19.5. The second-order valence-corrected chi connectivity index (χ2v) is 6.34. The van der Waals surface area contributed by atoms with Crippen LogP contribution in [0.4, 0.5) is 0 Å². The molecule has 1 rings (SSSR count). The van der Waals surface area contributed by atoms with Gasteiger partial charge < -0.3 is 0 Å². The first-order valence-electron chi connectivity index (χ1n) is 8.12. The van der Waals surface area contributed by atoms with Gasteiger partial charge in [0.1, 0.15) is 0 Å². The van der Waals surface area contributed by atoms with E-state index in [0.717, 1.165) is 25.0 Å². The zero-order chi connectivity index (χ0) is 16.8. The van der Waals surface area contributed by atoms with Gasteiger partial charge in [0.2, 0.25) is 0 Å². The van der Waals surface area contributed by atoms with Gasteiger partial charge in [-0.15, -0.1) is 13.2 Å².